The molecule has 26 heavy (non-hydrogen) atoms. The summed E-state index contributed by atoms with van der Waals surface area (Å²) in [5, 5.41) is 13.7. The van der Waals surface area contributed by atoms with Gasteiger partial charge in [0.05, 0.1) is 23.2 Å². The highest BCUT2D eigenvalue weighted by molar-refractivity contribution is 5.96. The molecule has 8 heteroatoms. The summed E-state index contributed by atoms with van der Waals surface area (Å²) >= 11 is 0. The minimum Gasteiger partial charge on any atom is -0.423 e. The number of carbonyl (C=O) groups excluding carboxylic acids is 2. The molecule has 2 aromatic rings. The summed E-state index contributed by atoms with van der Waals surface area (Å²) in [4.78, 5) is 36.0. The smallest absolute Gasteiger partial charge is 0.331 e. The molecule has 0 aliphatic carbocycles. The molecule has 0 atom stereocenters. The maximum absolute atomic E-state index is 12.4. The molecule has 1 aliphatic heterocycles. The lowest BCUT2D eigenvalue weighted by molar-refractivity contribution is -0.384. The Labute approximate surface area is 149 Å². The first kappa shape index (κ1) is 17.4. The number of hydrogen-bond donors (Lipinski definition) is 1. The van der Waals surface area contributed by atoms with Crippen LogP contribution in [0.5, 0.6) is 5.75 Å². The first-order valence-corrected chi connectivity index (χ1v) is 7.94. The van der Waals surface area contributed by atoms with Crippen molar-refractivity contribution < 1.29 is 19.2 Å². The fourth-order valence-electron chi connectivity index (χ4n) is 2.69. The molecule has 1 heterocycles. The second-order valence-electron chi connectivity index (χ2n) is 6.09. The Morgan fingerprint density at radius 2 is 2.00 bits per heavy atom. The van der Waals surface area contributed by atoms with E-state index in [2.05, 4.69) is 5.32 Å². The SMILES string of the molecule is Cc1ccc(NC(=O)CN2CC(=O)Oc3cc([N+](=O)[O-])ccc32)cc1C. The van der Waals surface area contributed by atoms with Crippen molar-refractivity contribution in [2.75, 3.05) is 23.3 Å². The lowest BCUT2D eigenvalue weighted by Gasteiger charge is -2.29. The standard InChI is InChI=1S/C18H17N3O5/c1-11-3-4-13(7-12(11)2)19-17(22)9-20-10-18(23)26-16-8-14(21(24)25)5-6-15(16)20/h3-8H,9-10H2,1-2H3,(H,19,22). The number of nitrogens with zero attached hydrogens (tertiary/aromatic N) is 2. The number of fused-ring (bicyclic) bond motifs is 1. The predicted molar refractivity (Wildman–Crippen MR) is 95.5 cm³/mol. The maximum atomic E-state index is 12.4. The van der Waals surface area contributed by atoms with Gasteiger partial charge in [0.25, 0.3) is 5.69 Å². The van der Waals surface area contributed by atoms with Gasteiger partial charge in [-0.05, 0) is 43.2 Å². The first-order chi connectivity index (χ1) is 12.3. The molecule has 0 spiro atoms. The summed E-state index contributed by atoms with van der Waals surface area (Å²) < 4.78 is 5.06. The zero-order valence-electron chi connectivity index (χ0n) is 14.3. The highest BCUT2D eigenvalue weighted by Gasteiger charge is 2.27. The number of nitrogens with one attached hydrogen (secondary N) is 1. The number of anilines is 2. The molecule has 0 unspecified atom stereocenters. The second-order valence-corrected chi connectivity index (χ2v) is 6.09. The van der Waals surface area contributed by atoms with E-state index in [-0.39, 0.29) is 30.4 Å². The van der Waals surface area contributed by atoms with Crippen molar-refractivity contribution in [2.24, 2.45) is 0 Å². The van der Waals surface area contributed by atoms with Crippen molar-refractivity contribution in [1.82, 2.24) is 0 Å². The number of nitro groups is 1. The van der Waals surface area contributed by atoms with Gasteiger partial charge in [-0.3, -0.25) is 14.9 Å². The molecule has 3 rings (SSSR count). The quantitative estimate of drug-likeness (QED) is 0.391. The number of hydrogen-bond acceptors (Lipinski definition) is 6. The topological polar surface area (TPSA) is 102 Å². The van der Waals surface area contributed by atoms with Crippen LogP contribution in [0.4, 0.5) is 17.1 Å². The molecule has 0 fully saturated rings. The summed E-state index contributed by atoms with van der Waals surface area (Å²) in [6.45, 7) is 3.75. The number of rotatable bonds is 4. The van der Waals surface area contributed by atoms with Crippen molar-refractivity contribution in [3.05, 3.63) is 57.6 Å². The zero-order chi connectivity index (χ0) is 18.8. The first-order valence-electron chi connectivity index (χ1n) is 7.94. The van der Waals surface area contributed by atoms with Crippen molar-refractivity contribution in [1.29, 1.82) is 0 Å². The van der Waals surface area contributed by atoms with E-state index in [4.69, 9.17) is 4.74 Å². The molecule has 0 bridgehead atoms. The van der Waals surface area contributed by atoms with E-state index >= 15 is 0 Å². The largest absolute Gasteiger partial charge is 0.423 e. The van der Waals surface area contributed by atoms with Gasteiger partial charge in [0.2, 0.25) is 5.91 Å². The summed E-state index contributed by atoms with van der Waals surface area (Å²) in [7, 11) is 0. The third-order valence-electron chi connectivity index (χ3n) is 4.16. The van der Waals surface area contributed by atoms with Crippen LogP contribution < -0.4 is 15.0 Å². The number of esters is 1. The van der Waals surface area contributed by atoms with Crippen LogP contribution in [0.15, 0.2) is 36.4 Å². The molecule has 2 aromatic carbocycles. The number of ether oxygens (including phenoxy) is 1. The molecule has 1 N–H and O–H groups in total. The zero-order valence-corrected chi connectivity index (χ0v) is 14.3. The fourth-order valence-corrected chi connectivity index (χ4v) is 2.69. The van der Waals surface area contributed by atoms with E-state index < -0.39 is 10.9 Å². The normalized spacial score (nSPS) is 13.0. The van der Waals surface area contributed by atoms with Gasteiger partial charge in [0.1, 0.15) is 6.54 Å². The molecule has 0 saturated heterocycles. The van der Waals surface area contributed by atoms with Gasteiger partial charge in [-0.15, -0.1) is 0 Å². The highest BCUT2D eigenvalue weighted by Crippen LogP contribution is 2.35. The van der Waals surface area contributed by atoms with Gasteiger partial charge in [-0.1, -0.05) is 6.07 Å². The minimum atomic E-state index is -0.572. The van der Waals surface area contributed by atoms with Crippen molar-refractivity contribution >= 4 is 28.9 Å². The van der Waals surface area contributed by atoms with E-state index in [0.717, 1.165) is 11.1 Å². The Hall–Kier alpha value is -3.42. The molecular formula is C18H17N3O5. The van der Waals surface area contributed by atoms with Gasteiger partial charge in [0.15, 0.2) is 5.75 Å². The van der Waals surface area contributed by atoms with Crippen molar-refractivity contribution in [3.8, 4) is 5.75 Å². The van der Waals surface area contributed by atoms with E-state index in [1.54, 1.807) is 0 Å². The van der Waals surface area contributed by atoms with Crippen molar-refractivity contribution in [3.63, 3.8) is 0 Å². The number of non-ortho nitro benzene ring substituents is 1. The molecular weight excluding hydrogens is 338 g/mol. The number of carbonyl (C=O) groups is 2. The molecule has 8 nitrogen and oxygen atoms in total. The summed E-state index contributed by atoms with van der Waals surface area (Å²) in [6, 6.07) is 9.56. The molecule has 1 amide bonds. The minimum absolute atomic E-state index is 0.0766. The van der Waals surface area contributed by atoms with Crippen LogP contribution in [0.3, 0.4) is 0 Å². The molecule has 134 valence electrons. The number of benzene rings is 2. The van der Waals surface area contributed by atoms with Gasteiger partial charge in [0, 0.05) is 11.8 Å². The summed E-state index contributed by atoms with van der Waals surface area (Å²) in [5.74, 6) is -0.793. The third kappa shape index (κ3) is 3.64. The Morgan fingerprint density at radius 3 is 2.69 bits per heavy atom. The molecule has 0 saturated carbocycles. The highest BCUT2D eigenvalue weighted by atomic mass is 16.6. The van der Waals surface area contributed by atoms with E-state index in [9.17, 15) is 19.7 Å². The average molecular weight is 355 g/mol. The van der Waals surface area contributed by atoms with Gasteiger partial charge < -0.3 is 15.0 Å². The summed E-state index contributed by atoms with van der Waals surface area (Å²) in [6.07, 6.45) is 0. The van der Waals surface area contributed by atoms with Crippen LogP contribution in [0.1, 0.15) is 11.1 Å². The van der Waals surface area contributed by atoms with Crippen LogP contribution in [0, 0.1) is 24.0 Å². The van der Waals surface area contributed by atoms with Gasteiger partial charge >= 0.3 is 5.97 Å². The van der Waals surface area contributed by atoms with Crippen molar-refractivity contribution in [2.45, 2.75) is 13.8 Å². The molecule has 0 radical (unpaired) electrons. The average Bonchev–Trinajstić information content (AvgIpc) is 2.57. The van der Waals surface area contributed by atoms with Crippen LogP contribution in [-0.4, -0.2) is 29.9 Å². The molecule has 1 aliphatic rings. The third-order valence-corrected chi connectivity index (χ3v) is 4.16. The van der Waals surface area contributed by atoms with Crippen LogP contribution in [0.25, 0.3) is 0 Å². The predicted octanol–water partition coefficient (Wildman–Crippen LogP) is 2.58. The fraction of sp³-hybridized carbons (Fsp3) is 0.222. The van der Waals surface area contributed by atoms with Crippen LogP contribution in [0.2, 0.25) is 0 Å². The summed E-state index contributed by atoms with van der Waals surface area (Å²) in [5.41, 5.74) is 3.13. The van der Waals surface area contributed by atoms with Gasteiger partial charge in [-0.25, -0.2) is 4.79 Å². The van der Waals surface area contributed by atoms with Crippen LogP contribution >= 0.6 is 0 Å². The van der Waals surface area contributed by atoms with E-state index in [1.165, 1.54) is 23.1 Å². The number of nitro benzene ring substituents is 1. The number of aryl methyl sites for hydroxylation is 2. The van der Waals surface area contributed by atoms with E-state index in [1.807, 2.05) is 32.0 Å². The lowest BCUT2D eigenvalue weighted by Crippen LogP contribution is -2.41. The molecule has 0 aromatic heterocycles. The monoisotopic (exact) mass is 355 g/mol. The second kappa shape index (κ2) is 6.83. The van der Waals surface area contributed by atoms with Crippen LogP contribution in [-0.2, 0) is 9.59 Å². The van der Waals surface area contributed by atoms with Gasteiger partial charge in [-0.2, -0.15) is 0 Å². The van der Waals surface area contributed by atoms with E-state index in [0.29, 0.717) is 11.4 Å². The number of amides is 1. The lowest BCUT2D eigenvalue weighted by atomic mass is 10.1. The Bertz CT molecular complexity index is 910. The Kier molecular flexibility index (Phi) is 4.57. The Morgan fingerprint density at radius 1 is 1.23 bits per heavy atom. The Balaban J connectivity index is 1.77. The maximum Gasteiger partial charge on any atom is 0.331 e.